The van der Waals surface area contributed by atoms with E-state index in [1.807, 2.05) is 18.2 Å². The van der Waals surface area contributed by atoms with Crippen LogP contribution in [0.4, 0.5) is 11.4 Å². The third-order valence-corrected chi connectivity index (χ3v) is 3.32. The summed E-state index contributed by atoms with van der Waals surface area (Å²) in [5.41, 5.74) is 9.17. The minimum atomic E-state index is 0.730. The van der Waals surface area contributed by atoms with E-state index in [1.165, 1.54) is 25.7 Å². The molecule has 3 nitrogen and oxygen atoms in total. The van der Waals surface area contributed by atoms with Crippen LogP contribution in [-0.4, -0.2) is 13.7 Å². The summed E-state index contributed by atoms with van der Waals surface area (Å²) in [4.78, 5) is 0. The fourth-order valence-corrected chi connectivity index (χ4v) is 2.34. The van der Waals surface area contributed by atoms with Crippen LogP contribution in [0.2, 0.25) is 0 Å². The number of hydrogen-bond acceptors (Lipinski definition) is 3. The van der Waals surface area contributed by atoms with Gasteiger partial charge in [0.2, 0.25) is 0 Å². The quantitative estimate of drug-likeness (QED) is 0.616. The highest BCUT2D eigenvalue weighted by molar-refractivity contribution is 5.59. The number of hydrogen-bond donors (Lipinski definition) is 2. The Balaban J connectivity index is 1.86. The van der Waals surface area contributed by atoms with Crippen molar-refractivity contribution in [1.29, 1.82) is 0 Å². The van der Waals surface area contributed by atoms with Crippen LogP contribution in [-0.2, 0) is 0 Å². The van der Waals surface area contributed by atoms with Crippen molar-refractivity contribution in [3.8, 4) is 5.75 Å². The number of methoxy groups -OCH3 is 1. The van der Waals surface area contributed by atoms with E-state index in [-0.39, 0.29) is 0 Å². The highest BCUT2D eigenvalue weighted by Crippen LogP contribution is 2.23. The molecule has 98 valence electrons. The number of nitrogens with two attached hydrogens (primary N) is 1. The standard InChI is InChI=1S/C15H22N2O/c1-18-15-10-13(16)9-14(11-15)17-8-7-12-5-3-2-4-6-12/h5,9-11,17H,2-4,6-8,16H2,1H3. The summed E-state index contributed by atoms with van der Waals surface area (Å²) in [6.45, 7) is 0.957. The first-order valence-corrected chi connectivity index (χ1v) is 6.64. The van der Waals surface area contributed by atoms with Gasteiger partial charge in [0.15, 0.2) is 0 Å². The normalized spacial score (nSPS) is 15.1. The van der Waals surface area contributed by atoms with Gasteiger partial charge in [-0.1, -0.05) is 11.6 Å². The lowest BCUT2D eigenvalue weighted by Gasteiger charge is -2.14. The number of ether oxygens (including phenoxy) is 1. The van der Waals surface area contributed by atoms with Gasteiger partial charge in [0.1, 0.15) is 5.75 Å². The molecule has 3 heteroatoms. The van der Waals surface area contributed by atoms with Crippen molar-refractivity contribution in [3.05, 3.63) is 29.8 Å². The monoisotopic (exact) mass is 246 g/mol. The minimum absolute atomic E-state index is 0.730. The maximum absolute atomic E-state index is 5.82. The molecule has 0 aliphatic heterocycles. The van der Waals surface area contributed by atoms with Crippen molar-refractivity contribution in [2.45, 2.75) is 32.1 Å². The predicted molar refractivity (Wildman–Crippen MR) is 77.1 cm³/mol. The van der Waals surface area contributed by atoms with Crippen molar-refractivity contribution >= 4 is 11.4 Å². The number of anilines is 2. The summed E-state index contributed by atoms with van der Waals surface area (Å²) >= 11 is 0. The van der Waals surface area contributed by atoms with Gasteiger partial charge in [0, 0.05) is 30.1 Å². The molecule has 0 radical (unpaired) electrons. The number of nitrogens with one attached hydrogen (secondary N) is 1. The Bertz CT molecular complexity index is 427. The number of nitrogen functional groups attached to an aromatic ring is 1. The number of allylic oxidation sites excluding steroid dienone is 1. The van der Waals surface area contributed by atoms with Gasteiger partial charge in [-0.05, 0) is 38.2 Å². The average molecular weight is 246 g/mol. The number of benzene rings is 1. The average Bonchev–Trinajstić information content (AvgIpc) is 2.39. The van der Waals surface area contributed by atoms with Gasteiger partial charge in [-0.2, -0.15) is 0 Å². The van der Waals surface area contributed by atoms with Gasteiger partial charge >= 0.3 is 0 Å². The van der Waals surface area contributed by atoms with Crippen molar-refractivity contribution in [2.24, 2.45) is 0 Å². The van der Waals surface area contributed by atoms with E-state index in [9.17, 15) is 0 Å². The van der Waals surface area contributed by atoms with E-state index >= 15 is 0 Å². The molecule has 0 heterocycles. The van der Waals surface area contributed by atoms with E-state index in [0.29, 0.717) is 0 Å². The van der Waals surface area contributed by atoms with Gasteiger partial charge < -0.3 is 15.8 Å². The Morgan fingerprint density at radius 2 is 2.17 bits per heavy atom. The summed E-state index contributed by atoms with van der Waals surface area (Å²) in [7, 11) is 1.66. The fourth-order valence-electron chi connectivity index (χ4n) is 2.34. The lowest BCUT2D eigenvalue weighted by molar-refractivity contribution is 0.415. The van der Waals surface area contributed by atoms with E-state index in [1.54, 1.807) is 12.7 Å². The second-order valence-corrected chi connectivity index (χ2v) is 4.78. The van der Waals surface area contributed by atoms with Crippen molar-refractivity contribution in [3.63, 3.8) is 0 Å². The molecule has 1 aliphatic carbocycles. The summed E-state index contributed by atoms with van der Waals surface area (Å²) in [5.74, 6) is 0.800. The number of rotatable bonds is 5. The molecule has 0 bridgehead atoms. The summed E-state index contributed by atoms with van der Waals surface area (Å²) in [6.07, 6.45) is 8.73. The molecule has 1 aromatic carbocycles. The van der Waals surface area contributed by atoms with Crippen LogP contribution in [0.1, 0.15) is 32.1 Å². The molecule has 0 amide bonds. The first kappa shape index (κ1) is 12.8. The van der Waals surface area contributed by atoms with Crippen molar-refractivity contribution in [2.75, 3.05) is 24.7 Å². The molecule has 18 heavy (non-hydrogen) atoms. The van der Waals surface area contributed by atoms with Crippen LogP contribution in [0.15, 0.2) is 29.8 Å². The van der Waals surface area contributed by atoms with Crippen molar-refractivity contribution in [1.82, 2.24) is 0 Å². The first-order chi connectivity index (χ1) is 8.78. The van der Waals surface area contributed by atoms with Crippen molar-refractivity contribution < 1.29 is 4.74 Å². The second-order valence-electron chi connectivity index (χ2n) is 4.78. The van der Waals surface area contributed by atoms with Crippen LogP contribution in [0, 0.1) is 0 Å². The van der Waals surface area contributed by atoms with Gasteiger partial charge in [-0.15, -0.1) is 0 Å². The molecule has 1 aromatic rings. The Labute approximate surface area is 109 Å². The molecule has 0 spiro atoms. The van der Waals surface area contributed by atoms with Gasteiger partial charge in [0.05, 0.1) is 7.11 Å². The Morgan fingerprint density at radius 1 is 1.28 bits per heavy atom. The Kier molecular flexibility index (Phi) is 4.51. The molecule has 0 fully saturated rings. The van der Waals surface area contributed by atoms with Crippen LogP contribution in [0.25, 0.3) is 0 Å². The summed E-state index contributed by atoms with van der Waals surface area (Å²) in [5, 5.41) is 3.41. The zero-order chi connectivity index (χ0) is 12.8. The largest absolute Gasteiger partial charge is 0.497 e. The Hall–Kier alpha value is -1.64. The minimum Gasteiger partial charge on any atom is -0.497 e. The second kappa shape index (κ2) is 6.34. The topological polar surface area (TPSA) is 47.3 Å². The van der Waals surface area contributed by atoms with Crippen LogP contribution in [0.5, 0.6) is 5.75 Å². The van der Waals surface area contributed by atoms with Gasteiger partial charge in [-0.25, -0.2) is 0 Å². The lowest BCUT2D eigenvalue weighted by atomic mass is 9.97. The molecular weight excluding hydrogens is 224 g/mol. The van der Waals surface area contributed by atoms with E-state index in [0.717, 1.165) is 30.1 Å². The zero-order valence-electron chi connectivity index (χ0n) is 11.0. The molecule has 1 aliphatic rings. The maximum Gasteiger partial charge on any atom is 0.122 e. The predicted octanol–water partition coefficient (Wildman–Crippen LogP) is 3.58. The van der Waals surface area contributed by atoms with Gasteiger partial charge in [0.25, 0.3) is 0 Å². The fraction of sp³-hybridized carbons (Fsp3) is 0.467. The SMILES string of the molecule is COc1cc(N)cc(NCCC2=CCCCC2)c1. The Morgan fingerprint density at radius 3 is 2.89 bits per heavy atom. The summed E-state index contributed by atoms with van der Waals surface area (Å²) in [6, 6.07) is 5.75. The molecule has 2 rings (SSSR count). The third-order valence-electron chi connectivity index (χ3n) is 3.32. The van der Waals surface area contributed by atoms with E-state index in [2.05, 4.69) is 11.4 Å². The highest BCUT2D eigenvalue weighted by Gasteiger charge is 2.03. The summed E-state index contributed by atoms with van der Waals surface area (Å²) < 4.78 is 5.20. The van der Waals surface area contributed by atoms with Crippen LogP contribution in [0.3, 0.4) is 0 Å². The lowest BCUT2D eigenvalue weighted by Crippen LogP contribution is -2.05. The molecule has 3 N–H and O–H groups in total. The molecule has 0 saturated carbocycles. The molecular formula is C15H22N2O. The molecule has 0 unspecified atom stereocenters. The first-order valence-electron chi connectivity index (χ1n) is 6.64. The maximum atomic E-state index is 5.82. The zero-order valence-corrected chi connectivity index (χ0v) is 11.0. The van der Waals surface area contributed by atoms with Crippen LogP contribution < -0.4 is 15.8 Å². The van der Waals surface area contributed by atoms with E-state index in [4.69, 9.17) is 10.5 Å². The molecule has 0 saturated heterocycles. The van der Waals surface area contributed by atoms with E-state index < -0.39 is 0 Å². The van der Waals surface area contributed by atoms with Gasteiger partial charge in [-0.3, -0.25) is 0 Å². The highest BCUT2D eigenvalue weighted by atomic mass is 16.5. The molecule has 0 atom stereocenters. The van der Waals surface area contributed by atoms with Crippen LogP contribution >= 0.6 is 0 Å². The third kappa shape index (κ3) is 3.69. The molecule has 0 aromatic heterocycles. The smallest absolute Gasteiger partial charge is 0.122 e.